The lowest BCUT2D eigenvalue weighted by atomic mass is 9.73. The molecule has 2 rings (SSSR count). The SMILES string of the molecule is CC1(C)CCC(C(=O)Nc2ccnnc2)CC1. The van der Waals surface area contributed by atoms with Crippen molar-refractivity contribution in [3.05, 3.63) is 18.5 Å². The second-order valence-corrected chi connectivity index (χ2v) is 5.56. The smallest absolute Gasteiger partial charge is 0.227 e. The molecule has 92 valence electrons. The second-order valence-electron chi connectivity index (χ2n) is 5.56. The molecule has 0 aliphatic heterocycles. The zero-order chi connectivity index (χ0) is 12.3. The lowest BCUT2D eigenvalue weighted by molar-refractivity contribution is -0.121. The number of carbonyl (C=O) groups is 1. The summed E-state index contributed by atoms with van der Waals surface area (Å²) >= 11 is 0. The molecule has 0 radical (unpaired) electrons. The predicted octanol–water partition coefficient (Wildman–Crippen LogP) is 2.63. The van der Waals surface area contributed by atoms with E-state index in [1.54, 1.807) is 18.5 Å². The Morgan fingerprint density at radius 2 is 2.06 bits per heavy atom. The molecule has 1 aromatic rings. The number of hydrogen-bond acceptors (Lipinski definition) is 3. The van der Waals surface area contributed by atoms with Gasteiger partial charge in [0.05, 0.1) is 18.1 Å². The van der Waals surface area contributed by atoms with Crippen LogP contribution in [-0.2, 0) is 4.79 Å². The predicted molar refractivity (Wildman–Crippen MR) is 66.4 cm³/mol. The highest BCUT2D eigenvalue weighted by Crippen LogP contribution is 2.38. The average molecular weight is 233 g/mol. The topological polar surface area (TPSA) is 54.9 Å². The Morgan fingerprint density at radius 1 is 1.35 bits per heavy atom. The highest BCUT2D eigenvalue weighted by Gasteiger charge is 2.30. The third-order valence-corrected chi connectivity index (χ3v) is 3.56. The molecule has 0 atom stereocenters. The maximum absolute atomic E-state index is 12.0. The van der Waals surface area contributed by atoms with Crippen LogP contribution in [0.3, 0.4) is 0 Å². The van der Waals surface area contributed by atoms with Gasteiger partial charge in [0.2, 0.25) is 5.91 Å². The van der Waals surface area contributed by atoms with Crippen molar-refractivity contribution < 1.29 is 4.79 Å². The third kappa shape index (κ3) is 3.25. The molecule has 1 saturated carbocycles. The van der Waals surface area contributed by atoms with Gasteiger partial charge in [0.1, 0.15) is 0 Å². The molecule has 0 unspecified atom stereocenters. The first-order valence-electron chi connectivity index (χ1n) is 6.14. The van der Waals surface area contributed by atoms with Crippen LogP contribution in [0.25, 0.3) is 0 Å². The number of aromatic nitrogens is 2. The van der Waals surface area contributed by atoms with Crippen LogP contribution in [0, 0.1) is 11.3 Å². The third-order valence-electron chi connectivity index (χ3n) is 3.56. The van der Waals surface area contributed by atoms with Crippen LogP contribution in [0.15, 0.2) is 18.5 Å². The zero-order valence-electron chi connectivity index (χ0n) is 10.4. The van der Waals surface area contributed by atoms with E-state index >= 15 is 0 Å². The van der Waals surface area contributed by atoms with E-state index in [4.69, 9.17) is 0 Å². The summed E-state index contributed by atoms with van der Waals surface area (Å²) in [6.45, 7) is 4.54. The number of carbonyl (C=O) groups excluding carboxylic acids is 1. The van der Waals surface area contributed by atoms with Crippen LogP contribution >= 0.6 is 0 Å². The van der Waals surface area contributed by atoms with Gasteiger partial charge in [-0.1, -0.05) is 13.8 Å². The van der Waals surface area contributed by atoms with Crippen molar-refractivity contribution >= 4 is 11.6 Å². The van der Waals surface area contributed by atoms with E-state index in [0.29, 0.717) is 5.41 Å². The number of anilines is 1. The van der Waals surface area contributed by atoms with Gasteiger partial charge in [-0.3, -0.25) is 4.79 Å². The first-order valence-corrected chi connectivity index (χ1v) is 6.14. The number of nitrogens with one attached hydrogen (secondary N) is 1. The molecule has 0 saturated heterocycles. The Kier molecular flexibility index (Phi) is 3.41. The lowest BCUT2D eigenvalue weighted by Gasteiger charge is -2.33. The fourth-order valence-corrected chi connectivity index (χ4v) is 2.27. The van der Waals surface area contributed by atoms with Crippen molar-refractivity contribution in [2.75, 3.05) is 5.32 Å². The van der Waals surface area contributed by atoms with E-state index < -0.39 is 0 Å². The van der Waals surface area contributed by atoms with Gasteiger partial charge in [0, 0.05) is 5.92 Å². The highest BCUT2D eigenvalue weighted by atomic mass is 16.1. The van der Waals surface area contributed by atoms with E-state index in [1.165, 1.54) is 0 Å². The maximum atomic E-state index is 12.0. The molecule has 4 heteroatoms. The Hall–Kier alpha value is -1.45. The Morgan fingerprint density at radius 3 is 2.65 bits per heavy atom. The number of nitrogens with zero attached hydrogens (tertiary/aromatic N) is 2. The Balaban J connectivity index is 1.90. The summed E-state index contributed by atoms with van der Waals surface area (Å²) in [7, 11) is 0. The number of hydrogen-bond donors (Lipinski definition) is 1. The van der Waals surface area contributed by atoms with E-state index in [1.807, 2.05) is 0 Å². The Bertz CT molecular complexity index is 379. The van der Waals surface area contributed by atoms with E-state index in [-0.39, 0.29) is 11.8 Å². The van der Waals surface area contributed by atoms with Crippen molar-refractivity contribution in [1.82, 2.24) is 10.2 Å². The normalized spacial score (nSPS) is 19.9. The van der Waals surface area contributed by atoms with Gasteiger partial charge >= 0.3 is 0 Å². The van der Waals surface area contributed by atoms with Crippen LogP contribution in [0.2, 0.25) is 0 Å². The minimum absolute atomic E-state index is 0.119. The fraction of sp³-hybridized carbons (Fsp3) is 0.615. The molecule has 1 fully saturated rings. The summed E-state index contributed by atoms with van der Waals surface area (Å²) < 4.78 is 0. The molecular formula is C13H19N3O. The molecule has 0 spiro atoms. The monoisotopic (exact) mass is 233 g/mol. The first-order chi connectivity index (χ1) is 8.07. The summed E-state index contributed by atoms with van der Waals surface area (Å²) in [6, 6.07) is 1.76. The van der Waals surface area contributed by atoms with Crippen LogP contribution in [0.5, 0.6) is 0 Å². The van der Waals surface area contributed by atoms with E-state index in [0.717, 1.165) is 31.4 Å². The minimum atomic E-state index is 0.119. The zero-order valence-corrected chi connectivity index (χ0v) is 10.4. The summed E-state index contributed by atoms with van der Waals surface area (Å²) in [6.07, 6.45) is 7.37. The summed E-state index contributed by atoms with van der Waals surface area (Å²) in [5.74, 6) is 0.268. The van der Waals surface area contributed by atoms with Crippen molar-refractivity contribution in [1.29, 1.82) is 0 Å². The average Bonchev–Trinajstić information content (AvgIpc) is 2.30. The fourth-order valence-electron chi connectivity index (χ4n) is 2.27. The molecule has 1 aromatic heterocycles. The van der Waals surface area contributed by atoms with Crippen LogP contribution in [0.1, 0.15) is 39.5 Å². The van der Waals surface area contributed by atoms with Gasteiger partial charge in [-0.05, 0) is 37.2 Å². The summed E-state index contributed by atoms with van der Waals surface area (Å²) in [5.41, 5.74) is 1.13. The minimum Gasteiger partial charge on any atom is -0.324 e. The molecule has 1 aliphatic carbocycles. The Labute approximate surface area is 102 Å². The van der Waals surface area contributed by atoms with Gasteiger partial charge in [0.25, 0.3) is 0 Å². The molecule has 17 heavy (non-hydrogen) atoms. The molecule has 0 bridgehead atoms. The largest absolute Gasteiger partial charge is 0.324 e. The second kappa shape index (κ2) is 4.82. The quantitative estimate of drug-likeness (QED) is 0.854. The molecule has 4 nitrogen and oxygen atoms in total. The van der Waals surface area contributed by atoms with Crippen molar-refractivity contribution in [3.8, 4) is 0 Å². The van der Waals surface area contributed by atoms with Gasteiger partial charge in [-0.25, -0.2) is 0 Å². The maximum Gasteiger partial charge on any atom is 0.227 e. The van der Waals surface area contributed by atoms with Gasteiger partial charge in [0.15, 0.2) is 0 Å². The molecule has 1 amide bonds. The standard InChI is InChI=1S/C13H19N3O/c1-13(2)6-3-10(4-7-13)12(17)16-11-5-8-14-15-9-11/h5,8-10H,3-4,6-7H2,1-2H3,(H,14,16,17). The molecule has 1 N–H and O–H groups in total. The van der Waals surface area contributed by atoms with Gasteiger partial charge < -0.3 is 5.32 Å². The number of amides is 1. The highest BCUT2D eigenvalue weighted by molar-refractivity contribution is 5.92. The van der Waals surface area contributed by atoms with Crippen LogP contribution < -0.4 is 5.32 Å². The molecule has 0 aromatic carbocycles. The molecule has 1 heterocycles. The summed E-state index contributed by atoms with van der Waals surface area (Å²) in [4.78, 5) is 12.0. The lowest BCUT2D eigenvalue weighted by Crippen LogP contribution is -2.30. The molecular weight excluding hydrogens is 214 g/mol. The van der Waals surface area contributed by atoms with Crippen LogP contribution in [-0.4, -0.2) is 16.1 Å². The van der Waals surface area contributed by atoms with Crippen molar-refractivity contribution in [2.45, 2.75) is 39.5 Å². The van der Waals surface area contributed by atoms with Gasteiger partial charge in [-0.15, -0.1) is 0 Å². The van der Waals surface area contributed by atoms with Crippen LogP contribution in [0.4, 0.5) is 5.69 Å². The van der Waals surface area contributed by atoms with E-state index in [9.17, 15) is 4.79 Å². The molecule has 1 aliphatic rings. The van der Waals surface area contributed by atoms with Crippen molar-refractivity contribution in [2.24, 2.45) is 11.3 Å². The van der Waals surface area contributed by atoms with Crippen molar-refractivity contribution in [3.63, 3.8) is 0 Å². The van der Waals surface area contributed by atoms with E-state index in [2.05, 4.69) is 29.4 Å². The summed E-state index contributed by atoms with van der Waals surface area (Å²) in [5, 5.41) is 10.3. The number of rotatable bonds is 2. The van der Waals surface area contributed by atoms with Gasteiger partial charge in [-0.2, -0.15) is 10.2 Å². The first kappa shape index (κ1) is 12.0.